The Morgan fingerprint density at radius 3 is 1.57 bits per heavy atom. The zero-order chi connectivity index (χ0) is 17.6. The molecule has 0 unspecified atom stereocenters. The zero-order valence-electron chi connectivity index (χ0n) is 15.2. The minimum atomic E-state index is -2.77. The van der Waals surface area contributed by atoms with Gasteiger partial charge in [0.25, 0.3) is 0 Å². The molecule has 0 spiro atoms. The van der Waals surface area contributed by atoms with Gasteiger partial charge in [-0.2, -0.15) is 0 Å². The summed E-state index contributed by atoms with van der Waals surface area (Å²) in [6, 6.07) is 0. The van der Waals surface area contributed by atoms with Gasteiger partial charge in [-0.3, -0.25) is 0 Å². The first kappa shape index (κ1) is 19.3. The molecule has 0 saturated carbocycles. The van der Waals surface area contributed by atoms with E-state index in [-0.39, 0.29) is 5.92 Å². The van der Waals surface area contributed by atoms with Gasteiger partial charge in [0.05, 0.1) is 0 Å². The van der Waals surface area contributed by atoms with Crippen molar-refractivity contribution in [1.82, 2.24) is 0 Å². The molecule has 0 aromatic heterocycles. The van der Waals surface area contributed by atoms with Crippen LogP contribution in [0, 0.1) is 27.7 Å². The molecule has 125 valence electrons. The van der Waals surface area contributed by atoms with Crippen LogP contribution in [0.5, 0.6) is 5.75 Å². The molecule has 1 nitrogen and oxygen atoms in total. The Balaban J connectivity index is 2.82. The van der Waals surface area contributed by atoms with Crippen LogP contribution >= 0.6 is 17.0 Å². The van der Waals surface area contributed by atoms with E-state index in [1.807, 2.05) is 0 Å². The molecule has 1 aromatic rings. The second kappa shape index (κ2) is 7.06. The van der Waals surface area contributed by atoms with Gasteiger partial charge in [-0.1, -0.05) is 0 Å². The van der Waals surface area contributed by atoms with E-state index in [1.54, 1.807) is 0 Å². The summed E-state index contributed by atoms with van der Waals surface area (Å²) in [4.78, 5) is 0. The number of rotatable bonds is 3. The molecule has 0 radical (unpaired) electrons. The third kappa shape index (κ3) is 3.24. The van der Waals surface area contributed by atoms with Crippen LogP contribution in [0.25, 0.3) is 0 Å². The third-order valence-electron chi connectivity index (χ3n) is 5.76. The number of allylic oxidation sites excluding steroid dienone is 4. The summed E-state index contributed by atoms with van der Waals surface area (Å²) in [5.74, 6) is 1.20. The maximum atomic E-state index is 6.15. The Kier molecular flexibility index (Phi) is 5.92. The van der Waals surface area contributed by atoms with Gasteiger partial charge in [-0.05, 0) is 0 Å². The first-order chi connectivity index (χ1) is 10.6. The van der Waals surface area contributed by atoms with Gasteiger partial charge in [-0.25, -0.2) is 0 Å². The van der Waals surface area contributed by atoms with Crippen molar-refractivity contribution >= 4 is 17.0 Å². The number of benzene rings is 1. The molecule has 4 heteroatoms. The van der Waals surface area contributed by atoms with E-state index < -0.39 is 19.8 Å². The second-order valence-corrected chi connectivity index (χ2v) is 13.4. The molecule has 1 aliphatic carbocycles. The Labute approximate surface area is 156 Å². The van der Waals surface area contributed by atoms with E-state index in [0.717, 1.165) is 5.75 Å². The van der Waals surface area contributed by atoms with Crippen LogP contribution in [-0.2, 0) is 19.8 Å². The fourth-order valence-electron chi connectivity index (χ4n) is 3.65. The van der Waals surface area contributed by atoms with Crippen LogP contribution in [0.1, 0.15) is 61.4 Å². The van der Waals surface area contributed by atoms with Crippen LogP contribution in [0.15, 0.2) is 22.3 Å². The van der Waals surface area contributed by atoms with Crippen molar-refractivity contribution in [2.75, 3.05) is 0 Å². The van der Waals surface area contributed by atoms with Crippen LogP contribution in [-0.4, -0.2) is 0 Å². The van der Waals surface area contributed by atoms with Crippen molar-refractivity contribution in [3.05, 3.63) is 50.1 Å². The van der Waals surface area contributed by atoms with E-state index in [9.17, 15) is 0 Å². The zero-order valence-corrected chi connectivity index (χ0v) is 19.2. The van der Waals surface area contributed by atoms with E-state index in [2.05, 4.69) is 55.4 Å². The van der Waals surface area contributed by atoms with Crippen LogP contribution in [0.4, 0.5) is 0 Å². The molecule has 0 heterocycles. The minimum absolute atomic E-state index is 0.277. The summed E-state index contributed by atoms with van der Waals surface area (Å²) < 4.78 is 6.05. The van der Waals surface area contributed by atoms with Crippen molar-refractivity contribution < 1.29 is 22.6 Å². The fraction of sp³-hybridized carbons (Fsp3) is 0.474. The molecule has 0 aliphatic heterocycles. The topological polar surface area (TPSA) is 9.23 Å². The SMILES string of the molecule is CC1=C(C)C(c2c(C)c(C)c(C)c(C)c2[O][Zr]([Cl])[Cl])C(C)=C1C. The van der Waals surface area contributed by atoms with Crippen molar-refractivity contribution in [3.63, 3.8) is 0 Å². The summed E-state index contributed by atoms with van der Waals surface area (Å²) >= 11 is -2.77. The maximum absolute atomic E-state index is 6.15. The van der Waals surface area contributed by atoms with E-state index in [1.165, 1.54) is 50.1 Å². The van der Waals surface area contributed by atoms with E-state index >= 15 is 0 Å². The van der Waals surface area contributed by atoms with Gasteiger partial charge >= 0.3 is 157 Å². The van der Waals surface area contributed by atoms with Crippen molar-refractivity contribution in [1.29, 1.82) is 0 Å². The van der Waals surface area contributed by atoms with Crippen molar-refractivity contribution in [2.24, 2.45) is 0 Å². The predicted octanol–water partition coefficient (Wildman–Crippen LogP) is 6.91. The molecular weight excluding hydrogens is 406 g/mol. The molecule has 1 aromatic carbocycles. The quantitative estimate of drug-likeness (QED) is 0.505. The first-order valence-electron chi connectivity index (χ1n) is 7.90. The fourth-order valence-corrected chi connectivity index (χ4v) is 5.58. The van der Waals surface area contributed by atoms with E-state index in [4.69, 9.17) is 19.8 Å². The molecule has 0 N–H and O–H groups in total. The van der Waals surface area contributed by atoms with Gasteiger partial charge in [0, 0.05) is 0 Å². The molecule has 0 bridgehead atoms. The summed E-state index contributed by atoms with van der Waals surface area (Å²) in [5.41, 5.74) is 11.9. The van der Waals surface area contributed by atoms with Crippen LogP contribution in [0.2, 0.25) is 0 Å². The Morgan fingerprint density at radius 2 is 1.13 bits per heavy atom. The number of hydrogen-bond donors (Lipinski definition) is 0. The van der Waals surface area contributed by atoms with Gasteiger partial charge in [0.1, 0.15) is 0 Å². The standard InChI is InChI=1S/C19H26O.2ClH.Zr/c1-9-10(2)14(6)17(13(9)5)18-15(7)11(3)12(4)16(8)19(18)20;;;/h17,20H,1-8H3;2*1H;/q;;;+3/p-3. The van der Waals surface area contributed by atoms with Crippen LogP contribution < -0.4 is 2.81 Å². The van der Waals surface area contributed by atoms with Crippen LogP contribution in [0.3, 0.4) is 0 Å². The molecule has 2 rings (SSSR count). The van der Waals surface area contributed by atoms with Gasteiger partial charge in [-0.15, -0.1) is 0 Å². The molecule has 0 saturated heterocycles. The number of halogens is 2. The molecular formula is C19H25Cl2OZr. The Bertz CT molecular complexity index is 706. The monoisotopic (exact) mass is 429 g/mol. The molecule has 0 atom stereocenters. The van der Waals surface area contributed by atoms with Crippen molar-refractivity contribution in [3.8, 4) is 5.75 Å². The Morgan fingerprint density at radius 1 is 0.696 bits per heavy atom. The van der Waals surface area contributed by atoms with Gasteiger partial charge in [0.2, 0.25) is 0 Å². The average molecular weight is 432 g/mol. The third-order valence-corrected chi connectivity index (χ3v) is 7.55. The first-order valence-corrected chi connectivity index (χ1v) is 15.2. The van der Waals surface area contributed by atoms with Crippen molar-refractivity contribution in [2.45, 2.75) is 61.3 Å². The van der Waals surface area contributed by atoms with E-state index in [0.29, 0.717) is 0 Å². The van der Waals surface area contributed by atoms with Gasteiger partial charge < -0.3 is 0 Å². The number of hydrogen-bond acceptors (Lipinski definition) is 1. The molecule has 23 heavy (non-hydrogen) atoms. The predicted molar refractivity (Wildman–Crippen MR) is 97.2 cm³/mol. The normalized spacial score (nSPS) is 15.7. The Hall–Kier alpha value is -0.0369. The summed E-state index contributed by atoms with van der Waals surface area (Å²) in [7, 11) is 12.3. The summed E-state index contributed by atoms with van der Waals surface area (Å²) in [6.45, 7) is 17.5. The average Bonchev–Trinajstić information content (AvgIpc) is 2.67. The second-order valence-electron chi connectivity index (χ2n) is 6.62. The summed E-state index contributed by atoms with van der Waals surface area (Å²) in [5, 5.41) is 0. The molecule has 1 aliphatic rings. The summed E-state index contributed by atoms with van der Waals surface area (Å²) in [6.07, 6.45) is 0. The molecule has 0 fully saturated rings. The van der Waals surface area contributed by atoms with Gasteiger partial charge in [0.15, 0.2) is 0 Å². The molecule has 0 amide bonds.